The lowest BCUT2D eigenvalue weighted by Crippen LogP contribution is -2.40. The molecule has 2 aromatic rings. The van der Waals surface area contributed by atoms with Gasteiger partial charge in [0.2, 0.25) is 0 Å². The van der Waals surface area contributed by atoms with E-state index in [-0.39, 0.29) is 35.6 Å². The first-order valence-electron chi connectivity index (χ1n) is 7.67. The third kappa shape index (κ3) is 4.41. The van der Waals surface area contributed by atoms with Gasteiger partial charge in [-0.05, 0) is 38.1 Å². The molecule has 130 valence electrons. The lowest BCUT2D eigenvalue weighted by Gasteiger charge is -2.26. The monoisotopic (exact) mass is 342 g/mol. The molecule has 0 spiro atoms. The number of anilines is 1. The van der Waals surface area contributed by atoms with Crippen LogP contribution in [0.5, 0.6) is 5.75 Å². The molecule has 7 heteroatoms. The van der Waals surface area contributed by atoms with E-state index in [4.69, 9.17) is 4.74 Å². The van der Waals surface area contributed by atoms with Crippen LogP contribution in [-0.4, -0.2) is 29.8 Å². The summed E-state index contributed by atoms with van der Waals surface area (Å²) in [6, 6.07) is 12.8. The van der Waals surface area contributed by atoms with Crippen LogP contribution in [0.1, 0.15) is 24.2 Å². The largest absolute Gasteiger partial charge is 0.477 e. The predicted octanol–water partition coefficient (Wildman–Crippen LogP) is 3.23. The molecule has 0 radical (unpaired) electrons. The summed E-state index contributed by atoms with van der Waals surface area (Å²) in [5, 5.41) is 11.1. The van der Waals surface area contributed by atoms with Crippen molar-refractivity contribution in [3.05, 3.63) is 64.2 Å². The number of nitrogens with zero attached hydrogens (tertiary/aromatic N) is 2. The molecule has 0 unspecified atom stereocenters. The third-order valence-corrected chi connectivity index (χ3v) is 3.49. The Morgan fingerprint density at radius 1 is 1.24 bits per heavy atom. The molecule has 7 nitrogen and oxygen atoms in total. The lowest BCUT2D eigenvalue weighted by molar-refractivity contribution is -0.385. The molecular formula is C18H18N2O5. The van der Waals surface area contributed by atoms with Crippen molar-refractivity contribution in [3.8, 4) is 5.75 Å². The summed E-state index contributed by atoms with van der Waals surface area (Å²) in [6.07, 6.45) is 0.512. The summed E-state index contributed by atoms with van der Waals surface area (Å²) < 4.78 is 5.36. The van der Waals surface area contributed by atoms with Crippen molar-refractivity contribution < 1.29 is 19.2 Å². The van der Waals surface area contributed by atoms with E-state index in [0.29, 0.717) is 6.29 Å². The van der Waals surface area contributed by atoms with Gasteiger partial charge < -0.3 is 9.64 Å². The molecule has 0 aliphatic carbocycles. The Kier molecular flexibility index (Phi) is 5.84. The summed E-state index contributed by atoms with van der Waals surface area (Å²) >= 11 is 0. The van der Waals surface area contributed by atoms with Crippen molar-refractivity contribution in [1.82, 2.24) is 0 Å². The van der Waals surface area contributed by atoms with Crippen LogP contribution in [0.4, 0.5) is 11.4 Å². The zero-order valence-corrected chi connectivity index (χ0v) is 13.9. The fourth-order valence-corrected chi connectivity index (χ4v) is 2.40. The van der Waals surface area contributed by atoms with Gasteiger partial charge in [0.05, 0.1) is 4.92 Å². The SMILES string of the molecule is CC(C)N(C(=O)COc1ccc(C=O)cc1[N+](=O)[O-])c1ccccc1. The van der Waals surface area contributed by atoms with Crippen LogP contribution >= 0.6 is 0 Å². The van der Waals surface area contributed by atoms with Crippen LogP contribution in [-0.2, 0) is 4.79 Å². The van der Waals surface area contributed by atoms with Crippen molar-refractivity contribution in [2.45, 2.75) is 19.9 Å². The first kappa shape index (κ1) is 18.1. The molecule has 0 saturated carbocycles. The molecular weight excluding hydrogens is 324 g/mol. The number of hydrogen-bond acceptors (Lipinski definition) is 5. The highest BCUT2D eigenvalue weighted by Gasteiger charge is 2.22. The number of amides is 1. The molecule has 2 aromatic carbocycles. The maximum absolute atomic E-state index is 12.5. The van der Waals surface area contributed by atoms with Crippen LogP contribution in [0.2, 0.25) is 0 Å². The fraction of sp³-hybridized carbons (Fsp3) is 0.222. The number of hydrogen-bond donors (Lipinski definition) is 0. The Hall–Kier alpha value is -3.22. The molecule has 0 aliphatic heterocycles. The average molecular weight is 342 g/mol. The molecule has 0 aliphatic rings. The van der Waals surface area contributed by atoms with E-state index in [1.165, 1.54) is 12.1 Å². The number of benzene rings is 2. The van der Waals surface area contributed by atoms with Gasteiger partial charge in [0, 0.05) is 23.4 Å². The minimum atomic E-state index is -0.649. The van der Waals surface area contributed by atoms with Gasteiger partial charge in [-0.15, -0.1) is 0 Å². The number of ether oxygens (including phenoxy) is 1. The first-order valence-corrected chi connectivity index (χ1v) is 7.67. The van der Waals surface area contributed by atoms with Gasteiger partial charge in [-0.3, -0.25) is 19.7 Å². The Balaban J connectivity index is 2.18. The Morgan fingerprint density at radius 3 is 2.48 bits per heavy atom. The molecule has 0 N–H and O–H groups in total. The summed E-state index contributed by atoms with van der Waals surface area (Å²) in [4.78, 5) is 35.3. The van der Waals surface area contributed by atoms with Gasteiger partial charge in [0.15, 0.2) is 12.4 Å². The van der Waals surface area contributed by atoms with E-state index in [1.807, 2.05) is 32.0 Å². The molecule has 0 heterocycles. The average Bonchev–Trinajstić information content (AvgIpc) is 2.60. The topological polar surface area (TPSA) is 89.8 Å². The Morgan fingerprint density at radius 2 is 1.92 bits per heavy atom. The van der Waals surface area contributed by atoms with Crippen molar-refractivity contribution in [1.29, 1.82) is 0 Å². The normalized spacial score (nSPS) is 10.4. The third-order valence-electron chi connectivity index (χ3n) is 3.49. The van der Waals surface area contributed by atoms with Crippen LogP contribution in [0, 0.1) is 10.1 Å². The van der Waals surface area contributed by atoms with Crippen molar-refractivity contribution >= 4 is 23.6 Å². The van der Waals surface area contributed by atoms with Crippen molar-refractivity contribution in [2.75, 3.05) is 11.5 Å². The van der Waals surface area contributed by atoms with Crippen molar-refractivity contribution in [3.63, 3.8) is 0 Å². The minimum Gasteiger partial charge on any atom is -0.477 e. The van der Waals surface area contributed by atoms with E-state index in [2.05, 4.69) is 0 Å². The molecule has 2 rings (SSSR count). The zero-order chi connectivity index (χ0) is 18.4. The van der Waals surface area contributed by atoms with E-state index < -0.39 is 4.92 Å². The second kappa shape index (κ2) is 8.05. The molecule has 25 heavy (non-hydrogen) atoms. The molecule has 0 atom stereocenters. The standard InChI is InChI=1S/C18H18N2O5/c1-13(2)19(15-6-4-3-5-7-15)18(22)12-25-17-9-8-14(11-21)10-16(17)20(23)24/h3-11,13H,12H2,1-2H3. The Bertz CT molecular complexity index is 774. The number of carbonyl (C=O) groups is 2. The maximum Gasteiger partial charge on any atom is 0.311 e. The highest BCUT2D eigenvalue weighted by Crippen LogP contribution is 2.28. The van der Waals surface area contributed by atoms with Gasteiger partial charge in [-0.25, -0.2) is 0 Å². The van der Waals surface area contributed by atoms with Crippen LogP contribution < -0.4 is 9.64 Å². The number of aldehydes is 1. The smallest absolute Gasteiger partial charge is 0.311 e. The Labute approximate surface area is 145 Å². The van der Waals surface area contributed by atoms with E-state index >= 15 is 0 Å². The summed E-state index contributed by atoms with van der Waals surface area (Å²) in [7, 11) is 0. The van der Waals surface area contributed by atoms with E-state index in [0.717, 1.165) is 11.8 Å². The molecule has 0 fully saturated rings. The number of rotatable bonds is 7. The number of carbonyl (C=O) groups excluding carboxylic acids is 2. The quantitative estimate of drug-likeness (QED) is 0.438. The fourth-order valence-electron chi connectivity index (χ4n) is 2.40. The maximum atomic E-state index is 12.5. The number of para-hydroxylation sites is 1. The number of nitro benzene ring substituents is 1. The molecule has 0 saturated heterocycles. The van der Waals surface area contributed by atoms with Crippen LogP contribution in [0.25, 0.3) is 0 Å². The highest BCUT2D eigenvalue weighted by molar-refractivity contribution is 5.95. The summed E-state index contributed by atoms with van der Waals surface area (Å²) in [6.45, 7) is 3.38. The van der Waals surface area contributed by atoms with Gasteiger partial charge >= 0.3 is 5.69 Å². The van der Waals surface area contributed by atoms with E-state index in [9.17, 15) is 19.7 Å². The lowest BCUT2D eigenvalue weighted by atomic mass is 10.2. The summed E-state index contributed by atoms with van der Waals surface area (Å²) in [5.41, 5.74) is 0.531. The molecule has 0 bridgehead atoms. The molecule has 1 amide bonds. The van der Waals surface area contributed by atoms with Crippen LogP contribution in [0.15, 0.2) is 48.5 Å². The van der Waals surface area contributed by atoms with E-state index in [1.54, 1.807) is 17.0 Å². The first-order chi connectivity index (χ1) is 11.9. The minimum absolute atomic E-state index is 0.0549. The second-order valence-electron chi connectivity index (χ2n) is 5.58. The van der Waals surface area contributed by atoms with Gasteiger partial charge in [0.25, 0.3) is 5.91 Å². The van der Waals surface area contributed by atoms with Gasteiger partial charge in [-0.1, -0.05) is 18.2 Å². The zero-order valence-electron chi connectivity index (χ0n) is 13.9. The number of nitro groups is 1. The van der Waals surface area contributed by atoms with Gasteiger partial charge in [-0.2, -0.15) is 0 Å². The van der Waals surface area contributed by atoms with Gasteiger partial charge in [0.1, 0.15) is 6.29 Å². The predicted molar refractivity (Wildman–Crippen MR) is 93.0 cm³/mol. The summed E-state index contributed by atoms with van der Waals surface area (Å²) in [5.74, 6) is -0.379. The van der Waals surface area contributed by atoms with Crippen LogP contribution in [0.3, 0.4) is 0 Å². The second-order valence-corrected chi connectivity index (χ2v) is 5.58. The highest BCUT2D eigenvalue weighted by atomic mass is 16.6. The van der Waals surface area contributed by atoms with Crippen molar-refractivity contribution in [2.24, 2.45) is 0 Å². The molecule has 0 aromatic heterocycles.